The second kappa shape index (κ2) is 8.76. The Labute approximate surface area is 173 Å². The van der Waals surface area contributed by atoms with Crippen LogP contribution in [0.3, 0.4) is 0 Å². The van der Waals surface area contributed by atoms with Crippen LogP contribution in [0.2, 0.25) is 0 Å². The van der Waals surface area contributed by atoms with Gasteiger partial charge in [-0.1, -0.05) is 82.5 Å². The fraction of sp³-hybridized carbons (Fsp3) is 0.458. The highest BCUT2D eigenvalue weighted by molar-refractivity contribution is 5.91. The van der Waals surface area contributed by atoms with Crippen molar-refractivity contribution in [3.05, 3.63) is 54.6 Å². The summed E-state index contributed by atoms with van der Waals surface area (Å²) in [5.41, 5.74) is -0.295. The van der Waals surface area contributed by atoms with E-state index in [0.717, 1.165) is 36.7 Å². The molecular weight excluding hydrogens is 362 g/mol. The Morgan fingerprint density at radius 1 is 0.966 bits per heavy atom. The molecule has 154 valence electrons. The number of ketones is 1. The van der Waals surface area contributed by atoms with Gasteiger partial charge in [-0.15, -0.1) is 5.10 Å². The van der Waals surface area contributed by atoms with E-state index in [4.69, 9.17) is 4.74 Å². The second-order valence-corrected chi connectivity index (χ2v) is 8.58. The molecule has 1 heterocycles. The highest BCUT2D eigenvalue weighted by atomic mass is 16.5. The zero-order valence-corrected chi connectivity index (χ0v) is 17.9. The van der Waals surface area contributed by atoms with Crippen LogP contribution < -0.4 is 4.74 Å². The summed E-state index contributed by atoms with van der Waals surface area (Å²) in [6.07, 6.45) is 4.72. The average molecular weight is 394 g/mol. The minimum atomic E-state index is -1.25. The molecule has 0 bridgehead atoms. The third kappa shape index (κ3) is 4.50. The van der Waals surface area contributed by atoms with Crippen molar-refractivity contribution >= 4 is 16.8 Å². The molecule has 1 atom stereocenters. The first kappa shape index (κ1) is 21.0. The van der Waals surface area contributed by atoms with Gasteiger partial charge >= 0.3 is 0 Å². The fourth-order valence-electron chi connectivity index (χ4n) is 3.65. The Kier molecular flexibility index (Phi) is 6.36. The lowest BCUT2D eigenvalue weighted by molar-refractivity contribution is -0.155. The summed E-state index contributed by atoms with van der Waals surface area (Å²) in [4.78, 5) is 13.9. The number of unbranched alkanes of at least 4 members (excludes halogenated alkanes) is 3. The fourth-order valence-corrected chi connectivity index (χ4v) is 3.65. The largest absolute Gasteiger partial charge is 0.459 e. The van der Waals surface area contributed by atoms with Crippen molar-refractivity contribution in [1.82, 2.24) is 15.0 Å². The summed E-state index contributed by atoms with van der Waals surface area (Å²) in [7, 11) is 0. The lowest BCUT2D eigenvalue weighted by atomic mass is 9.82. The molecule has 0 saturated heterocycles. The number of Topliss-reactive ketones (excluding diaryl/α,β-unsaturated/α-hetero) is 1. The number of hydrogen-bond donors (Lipinski definition) is 0. The maximum absolute atomic E-state index is 13.9. The molecule has 3 rings (SSSR count). The Morgan fingerprint density at radius 3 is 2.34 bits per heavy atom. The van der Waals surface area contributed by atoms with E-state index in [1.807, 2.05) is 75.4 Å². The SMILES string of the molecule is CCCCCCC(Oc1ccccc1)(C(=O)C(C)(C)C)n1nnc2ccccc21. The topological polar surface area (TPSA) is 57.0 Å². The summed E-state index contributed by atoms with van der Waals surface area (Å²) in [6, 6.07) is 17.3. The van der Waals surface area contributed by atoms with E-state index >= 15 is 0 Å². The molecule has 0 amide bonds. The normalized spacial score (nSPS) is 13.9. The predicted molar refractivity (Wildman–Crippen MR) is 116 cm³/mol. The number of hydrogen-bond acceptors (Lipinski definition) is 4. The number of benzene rings is 2. The van der Waals surface area contributed by atoms with Crippen LogP contribution in [-0.4, -0.2) is 20.8 Å². The molecular formula is C24H31N3O2. The van der Waals surface area contributed by atoms with Gasteiger partial charge in [0.2, 0.25) is 5.78 Å². The Hall–Kier alpha value is -2.69. The van der Waals surface area contributed by atoms with Crippen molar-refractivity contribution in [2.24, 2.45) is 5.41 Å². The molecule has 5 heteroatoms. The van der Waals surface area contributed by atoms with Gasteiger partial charge in [-0.3, -0.25) is 4.79 Å². The van der Waals surface area contributed by atoms with E-state index < -0.39 is 11.1 Å². The van der Waals surface area contributed by atoms with Crippen LogP contribution in [0, 0.1) is 5.41 Å². The van der Waals surface area contributed by atoms with Crippen molar-refractivity contribution in [2.45, 2.75) is 65.5 Å². The zero-order valence-electron chi connectivity index (χ0n) is 17.9. The van der Waals surface area contributed by atoms with Crippen molar-refractivity contribution in [1.29, 1.82) is 0 Å². The number of para-hydroxylation sites is 2. The van der Waals surface area contributed by atoms with E-state index in [-0.39, 0.29) is 5.78 Å². The third-order valence-corrected chi connectivity index (χ3v) is 5.13. The quantitative estimate of drug-likeness (QED) is 0.434. The zero-order chi connectivity index (χ0) is 20.9. The Morgan fingerprint density at radius 2 is 1.66 bits per heavy atom. The van der Waals surface area contributed by atoms with Gasteiger partial charge in [-0.05, 0) is 30.7 Å². The van der Waals surface area contributed by atoms with Gasteiger partial charge < -0.3 is 4.74 Å². The molecule has 1 aromatic heterocycles. The average Bonchev–Trinajstić information content (AvgIpc) is 3.14. The van der Waals surface area contributed by atoms with Crippen LogP contribution in [0.4, 0.5) is 0 Å². The molecule has 1 unspecified atom stereocenters. The number of carbonyl (C=O) groups excluding carboxylic acids is 1. The second-order valence-electron chi connectivity index (χ2n) is 8.58. The number of aromatic nitrogens is 3. The van der Waals surface area contributed by atoms with Crippen LogP contribution in [0.1, 0.15) is 59.8 Å². The predicted octanol–water partition coefficient (Wildman–Crippen LogP) is 5.75. The molecule has 0 fully saturated rings. The van der Waals surface area contributed by atoms with Crippen LogP contribution >= 0.6 is 0 Å². The van der Waals surface area contributed by atoms with Crippen molar-refractivity contribution in [3.63, 3.8) is 0 Å². The van der Waals surface area contributed by atoms with E-state index in [9.17, 15) is 4.79 Å². The van der Waals surface area contributed by atoms with Gasteiger partial charge in [0.05, 0.1) is 5.52 Å². The van der Waals surface area contributed by atoms with Gasteiger partial charge in [0.1, 0.15) is 11.3 Å². The molecule has 0 saturated carbocycles. The summed E-state index contributed by atoms with van der Waals surface area (Å²) < 4.78 is 8.24. The van der Waals surface area contributed by atoms with Gasteiger partial charge in [-0.2, -0.15) is 4.68 Å². The molecule has 29 heavy (non-hydrogen) atoms. The monoisotopic (exact) mass is 393 g/mol. The molecule has 3 aromatic rings. The number of rotatable bonds is 9. The first-order valence-electron chi connectivity index (χ1n) is 10.5. The van der Waals surface area contributed by atoms with E-state index in [2.05, 4.69) is 17.2 Å². The van der Waals surface area contributed by atoms with Crippen molar-refractivity contribution < 1.29 is 9.53 Å². The lowest BCUT2D eigenvalue weighted by Gasteiger charge is -2.37. The van der Waals surface area contributed by atoms with Crippen molar-refractivity contribution in [2.75, 3.05) is 0 Å². The minimum Gasteiger partial charge on any atom is -0.459 e. The highest BCUT2D eigenvalue weighted by Gasteiger charge is 2.49. The molecule has 0 spiro atoms. The van der Waals surface area contributed by atoms with Crippen LogP contribution in [0.5, 0.6) is 5.75 Å². The molecule has 5 nitrogen and oxygen atoms in total. The number of carbonyl (C=O) groups is 1. The Bertz CT molecular complexity index is 943. The summed E-state index contributed by atoms with van der Waals surface area (Å²) in [5, 5.41) is 8.73. The van der Waals surface area contributed by atoms with Crippen LogP contribution in [-0.2, 0) is 10.5 Å². The first-order valence-corrected chi connectivity index (χ1v) is 10.5. The summed E-state index contributed by atoms with van der Waals surface area (Å²) in [5.74, 6) is 0.654. The molecule has 0 radical (unpaired) electrons. The first-order chi connectivity index (χ1) is 13.9. The third-order valence-electron chi connectivity index (χ3n) is 5.13. The number of ether oxygens (including phenoxy) is 1. The molecule has 0 aliphatic carbocycles. The molecule has 0 N–H and O–H groups in total. The van der Waals surface area contributed by atoms with E-state index in [1.165, 1.54) is 0 Å². The van der Waals surface area contributed by atoms with Gasteiger partial charge in [-0.25, -0.2) is 0 Å². The highest BCUT2D eigenvalue weighted by Crippen LogP contribution is 2.37. The summed E-state index contributed by atoms with van der Waals surface area (Å²) in [6.45, 7) is 7.98. The minimum absolute atomic E-state index is 0.000930. The van der Waals surface area contributed by atoms with Crippen molar-refractivity contribution in [3.8, 4) is 5.75 Å². The smallest absolute Gasteiger partial charge is 0.262 e. The molecule has 2 aromatic carbocycles. The molecule has 0 aliphatic heterocycles. The summed E-state index contributed by atoms with van der Waals surface area (Å²) >= 11 is 0. The van der Waals surface area contributed by atoms with E-state index in [0.29, 0.717) is 12.2 Å². The molecule has 0 aliphatic rings. The van der Waals surface area contributed by atoms with Crippen LogP contribution in [0.15, 0.2) is 54.6 Å². The van der Waals surface area contributed by atoms with Gasteiger partial charge in [0, 0.05) is 11.8 Å². The van der Waals surface area contributed by atoms with Gasteiger partial charge in [0.25, 0.3) is 5.72 Å². The maximum Gasteiger partial charge on any atom is 0.262 e. The Balaban J connectivity index is 2.16. The number of nitrogens with zero attached hydrogens (tertiary/aromatic N) is 3. The standard InChI is InChI=1S/C24H31N3O2/c1-5-6-7-13-18-24(22(28)23(2,3)4,29-19-14-9-8-10-15-19)27-21-17-12-11-16-20(21)25-26-27/h8-12,14-17H,5-7,13,18H2,1-4H3. The van der Waals surface area contributed by atoms with Gasteiger partial charge in [0.15, 0.2) is 0 Å². The number of fused-ring (bicyclic) bond motifs is 1. The van der Waals surface area contributed by atoms with Crippen LogP contribution in [0.25, 0.3) is 11.0 Å². The van der Waals surface area contributed by atoms with E-state index in [1.54, 1.807) is 4.68 Å². The lowest BCUT2D eigenvalue weighted by Crippen LogP contribution is -2.52. The maximum atomic E-state index is 13.9.